The van der Waals surface area contributed by atoms with Crippen molar-refractivity contribution < 1.29 is 21.6 Å². The zero-order valence-electron chi connectivity index (χ0n) is 10.6. The maximum Gasteiger partial charge on any atom is 0.402 e. The van der Waals surface area contributed by atoms with Gasteiger partial charge in [0.15, 0.2) is 0 Å². The SMILES string of the molecule is CCCN(CC(F)(F)F)S(=O)(=O)c1ccc(N)c(Br)c1. The Hall–Kier alpha value is -0.800. The number of nitrogens with two attached hydrogens (primary N) is 1. The molecule has 0 heterocycles. The Balaban J connectivity index is 3.18. The number of halogens is 4. The zero-order chi connectivity index (χ0) is 15.6. The van der Waals surface area contributed by atoms with Crippen LogP contribution in [0, 0.1) is 0 Å². The van der Waals surface area contributed by atoms with Crippen LogP contribution < -0.4 is 5.73 Å². The van der Waals surface area contributed by atoms with E-state index in [4.69, 9.17) is 5.73 Å². The summed E-state index contributed by atoms with van der Waals surface area (Å²) in [6.45, 7) is -0.104. The molecule has 0 aliphatic heterocycles. The van der Waals surface area contributed by atoms with Crippen molar-refractivity contribution >= 4 is 31.6 Å². The van der Waals surface area contributed by atoms with E-state index in [9.17, 15) is 21.6 Å². The fourth-order valence-electron chi connectivity index (χ4n) is 1.55. The summed E-state index contributed by atoms with van der Waals surface area (Å²) in [4.78, 5) is -0.226. The van der Waals surface area contributed by atoms with Crippen LogP contribution >= 0.6 is 15.9 Å². The standard InChI is InChI=1S/C11H14BrF3N2O2S/c1-2-5-17(7-11(13,14)15)20(18,19)8-3-4-10(16)9(12)6-8/h3-4,6H,2,5,7,16H2,1H3. The lowest BCUT2D eigenvalue weighted by Gasteiger charge is -2.23. The molecule has 0 radical (unpaired) electrons. The van der Waals surface area contributed by atoms with Crippen molar-refractivity contribution in [2.75, 3.05) is 18.8 Å². The average molecular weight is 375 g/mol. The van der Waals surface area contributed by atoms with Crippen LogP contribution in [0.15, 0.2) is 27.6 Å². The van der Waals surface area contributed by atoms with E-state index in [2.05, 4.69) is 15.9 Å². The first-order chi connectivity index (χ1) is 9.08. The van der Waals surface area contributed by atoms with Crippen LogP contribution in [0.5, 0.6) is 0 Å². The van der Waals surface area contributed by atoms with Gasteiger partial charge < -0.3 is 5.73 Å². The molecule has 1 aromatic carbocycles. The van der Waals surface area contributed by atoms with Crippen molar-refractivity contribution in [2.24, 2.45) is 0 Å². The predicted octanol–water partition coefficient (Wildman–Crippen LogP) is 2.99. The lowest BCUT2D eigenvalue weighted by atomic mass is 10.3. The molecule has 2 N–H and O–H groups in total. The minimum atomic E-state index is -4.59. The predicted molar refractivity (Wildman–Crippen MR) is 73.7 cm³/mol. The summed E-state index contributed by atoms with van der Waals surface area (Å²) in [5.74, 6) is 0. The number of benzene rings is 1. The monoisotopic (exact) mass is 374 g/mol. The van der Waals surface area contributed by atoms with Gasteiger partial charge in [0.05, 0.1) is 4.90 Å². The molecular formula is C11H14BrF3N2O2S. The highest BCUT2D eigenvalue weighted by Gasteiger charge is 2.36. The summed E-state index contributed by atoms with van der Waals surface area (Å²) in [6.07, 6.45) is -4.31. The number of rotatable bonds is 5. The van der Waals surface area contributed by atoms with E-state index in [1.165, 1.54) is 18.2 Å². The maximum atomic E-state index is 12.5. The highest BCUT2D eigenvalue weighted by atomic mass is 79.9. The van der Waals surface area contributed by atoms with Gasteiger partial charge in [-0.15, -0.1) is 0 Å². The highest BCUT2D eigenvalue weighted by molar-refractivity contribution is 9.10. The minimum Gasteiger partial charge on any atom is -0.398 e. The first kappa shape index (κ1) is 17.3. The van der Waals surface area contributed by atoms with E-state index in [1.54, 1.807) is 6.92 Å². The molecule has 0 bridgehead atoms. The zero-order valence-corrected chi connectivity index (χ0v) is 13.0. The van der Waals surface area contributed by atoms with Gasteiger partial charge in [0.25, 0.3) is 0 Å². The molecule has 114 valence electrons. The van der Waals surface area contributed by atoms with E-state index < -0.39 is 22.7 Å². The van der Waals surface area contributed by atoms with Gasteiger partial charge in [-0.05, 0) is 40.5 Å². The molecule has 9 heteroatoms. The van der Waals surface area contributed by atoms with Crippen molar-refractivity contribution in [2.45, 2.75) is 24.4 Å². The third kappa shape index (κ3) is 4.35. The molecule has 0 fully saturated rings. The van der Waals surface area contributed by atoms with Crippen LogP contribution in [0.2, 0.25) is 0 Å². The van der Waals surface area contributed by atoms with Gasteiger partial charge in [-0.25, -0.2) is 8.42 Å². The van der Waals surface area contributed by atoms with Gasteiger partial charge >= 0.3 is 6.18 Å². The van der Waals surface area contributed by atoms with Crippen LogP contribution in [0.3, 0.4) is 0 Å². The second kappa shape index (κ2) is 6.31. The van der Waals surface area contributed by atoms with Gasteiger partial charge in [-0.2, -0.15) is 17.5 Å². The Morgan fingerprint density at radius 3 is 2.40 bits per heavy atom. The van der Waals surface area contributed by atoms with E-state index in [-0.39, 0.29) is 17.9 Å². The second-order valence-electron chi connectivity index (χ2n) is 4.14. The Labute approximate surface area is 123 Å². The van der Waals surface area contributed by atoms with Crippen molar-refractivity contribution in [3.63, 3.8) is 0 Å². The summed E-state index contributed by atoms with van der Waals surface area (Å²) in [6, 6.07) is 3.72. The number of anilines is 1. The van der Waals surface area contributed by atoms with Crippen LogP contribution in [0.1, 0.15) is 13.3 Å². The van der Waals surface area contributed by atoms with E-state index >= 15 is 0 Å². The van der Waals surface area contributed by atoms with E-state index in [0.29, 0.717) is 14.5 Å². The smallest absolute Gasteiger partial charge is 0.398 e. The summed E-state index contributed by atoms with van der Waals surface area (Å²) < 4.78 is 62.6. The summed E-state index contributed by atoms with van der Waals surface area (Å²) >= 11 is 3.06. The van der Waals surface area contributed by atoms with Gasteiger partial charge in [-0.3, -0.25) is 0 Å². The van der Waals surface area contributed by atoms with Crippen molar-refractivity contribution in [3.8, 4) is 0 Å². The van der Waals surface area contributed by atoms with Gasteiger partial charge in [0.2, 0.25) is 10.0 Å². The Kier molecular flexibility index (Phi) is 5.45. The highest BCUT2D eigenvalue weighted by Crippen LogP contribution is 2.27. The molecular weight excluding hydrogens is 361 g/mol. The Bertz CT molecular complexity index is 576. The molecule has 1 aromatic rings. The minimum absolute atomic E-state index is 0.205. The van der Waals surface area contributed by atoms with Crippen LogP contribution in [-0.2, 0) is 10.0 Å². The third-order valence-corrected chi connectivity index (χ3v) is 4.97. The summed E-state index contributed by atoms with van der Waals surface area (Å²) in [7, 11) is -4.21. The first-order valence-electron chi connectivity index (χ1n) is 5.70. The fourth-order valence-corrected chi connectivity index (χ4v) is 3.63. The maximum absolute atomic E-state index is 12.5. The summed E-state index contributed by atoms with van der Waals surface area (Å²) in [5.41, 5.74) is 5.84. The topological polar surface area (TPSA) is 63.4 Å². The molecule has 0 atom stereocenters. The lowest BCUT2D eigenvalue weighted by molar-refractivity contribution is -0.136. The number of hydrogen-bond donors (Lipinski definition) is 1. The Morgan fingerprint density at radius 1 is 1.35 bits per heavy atom. The number of hydrogen-bond acceptors (Lipinski definition) is 3. The molecule has 0 aromatic heterocycles. The van der Waals surface area contributed by atoms with Crippen molar-refractivity contribution in [1.29, 1.82) is 0 Å². The third-order valence-electron chi connectivity index (χ3n) is 2.44. The molecule has 0 unspecified atom stereocenters. The van der Waals surface area contributed by atoms with Crippen molar-refractivity contribution in [3.05, 3.63) is 22.7 Å². The van der Waals surface area contributed by atoms with Gasteiger partial charge in [-0.1, -0.05) is 6.92 Å². The van der Waals surface area contributed by atoms with Gasteiger partial charge in [0, 0.05) is 16.7 Å². The molecule has 0 saturated heterocycles. The van der Waals surface area contributed by atoms with E-state index in [0.717, 1.165) is 0 Å². The largest absolute Gasteiger partial charge is 0.402 e. The van der Waals surface area contributed by atoms with Crippen LogP contribution in [0.25, 0.3) is 0 Å². The van der Waals surface area contributed by atoms with E-state index in [1.807, 2.05) is 0 Å². The molecule has 1 rings (SSSR count). The molecule has 0 amide bonds. The fraction of sp³-hybridized carbons (Fsp3) is 0.455. The number of alkyl halides is 3. The van der Waals surface area contributed by atoms with Crippen molar-refractivity contribution in [1.82, 2.24) is 4.31 Å². The second-order valence-corrected chi connectivity index (χ2v) is 6.93. The molecule has 0 saturated carbocycles. The van der Waals surface area contributed by atoms with Crippen LogP contribution in [0.4, 0.5) is 18.9 Å². The molecule has 0 aliphatic rings. The normalized spacial score (nSPS) is 12.9. The number of sulfonamides is 1. The Morgan fingerprint density at radius 2 is 1.95 bits per heavy atom. The quantitative estimate of drug-likeness (QED) is 0.805. The molecule has 0 spiro atoms. The molecule has 4 nitrogen and oxygen atoms in total. The summed E-state index contributed by atoms with van der Waals surface area (Å²) in [5, 5.41) is 0. The number of nitrogens with zero attached hydrogens (tertiary/aromatic N) is 1. The first-order valence-corrected chi connectivity index (χ1v) is 7.93. The molecule has 0 aliphatic carbocycles. The van der Waals surface area contributed by atoms with Gasteiger partial charge in [0.1, 0.15) is 6.54 Å². The van der Waals surface area contributed by atoms with Crippen LogP contribution in [-0.4, -0.2) is 32.0 Å². The average Bonchev–Trinajstić information content (AvgIpc) is 2.30. The number of nitrogen functional groups attached to an aromatic ring is 1. The lowest BCUT2D eigenvalue weighted by Crippen LogP contribution is -2.39. The molecule has 20 heavy (non-hydrogen) atoms.